The minimum atomic E-state index is 0. The first kappa shape index (κ1) is 16.0. The van der Waals surface area contributed by atoms with Crippen LogP contribution in [0.25, 0.3) is 0 Å². The van der Waals surface area contributed by atoms with E-state index >= 15 is 0 Å². The van der Waals surface area contributed by atoms with Gasteiger partial charge in [0.2, 0.25) is 0 Å². The summed E-state index contributed by atoms with van der Waals surface area (Å²) in [5.74, 6) is 1.05. The Balaban J connectivity index is 0.00000180. The molecule has 19 heavy (non-hydrogen) atoms. The minimum absolute atomic E-state index is 0. The molecule has 0 radical (unpaired) electrons. The normalized spacial score (nSPS) is 10.2. The van der Waals surface area contributed by atoms with E-state index in [-0.39, 0.29) is 12.4 Å². The van der Waals surface area contributed by atoms with Crippen molar-refractivity contribution in [3.63, 3.8) is 0 Å². The Morgan fingerprint density at radius 2 is 2.05 bits per heavy atom. The molecule has 0 aliphatic rings. The molecule has 0 bridgehead atoms. The molecule has 0 amide bonds. The van der Waals surface area contributed by atoms with Gasteiger partial charge >= 0.3 is 0 Å². The first-order valence-electron chi connectivity index (χ1n) is 6.07. The maximum atomic E-state index is 4.18. The largest absolute Gasteiger partial charge is 0.353 e. The molecule has 6 heteroatoms. The predicted molar refractivity (Wildman–Crippen MR) is 81.7 cm³/mol. The smallest absolute Gasteiger partial charge is 0.187 e. The Morgan fingerprint density at radius 1 is 1.26 bits per heavy atom. The van der Waals surface area contributed by atoms with Gasteiger partial charge < -0.3 is 9.88 Å². The van der Waals surface area contributed by atoms with Gasteiger partial charge in [0.1, 0.15) is 0 Å². The van der Waals surface area contributed by atoms with E-state index in [1.165, 1.54) is 5.69 Å². The van der Waals surface area contributed by atoms with Crippen molar-refractivity contribution in [2.24, 2.45) is 7.05 Å². The van der Waals surface area contributed by atoms with Crippen molar-refractivity contribution in [1.82, 2.24) is 19.9 Å². The molecule has 4 nitrogen and oxygen atoms in total. The highest BCUT2D eigenvalue weighted by atomic mass is 35.5. The molecule has 104 valence electrons. The van der Waals surface area contributed by atoms with Crippen LogP contribution in [0.3, 0.4) is 0 Å². The number of aryl methyl sites for hydroxylation is 1. The zero-order valence-corrected chi connectivity index (χ0v) is 12.6. The van der Waals surface area contributed by atoms with Crippen LogP contribution in [0.4, 0.5) is 0 Å². The highest BCUT2D eigenvalue weighted by Crippen LogP contribution is 2.11. The molecule has 2 rings (SSSR count). The predicted octanol–water partition coefficient (Wildman–Crippen LogP) is 2.51. The number of aromatic nitrogens is 3. The summed E-state index contributed by atoms with van der Waals surface area (Å²) in [6, 6.07) is 6.05. The highest BCUT2D eigenvalue weighted by Gasteiger charge is 1.97. The van der Waals surface area contributed by atoms with E-state index in [1.807, 2.05) is 6.07 Å². The lowest BCUT2D eigenvalue weighted by Crippen LogP contribution is -2.17. The molecule has 0 fully saturated rings. The Labute approximate surface area is 124 Å². The van der Waals surface area contributed by atoms with Gasteiger partial charge in [-0.25, -0.2) is 9.97 Å². The lowest BCUT2D eigenvalue weighted by Gasteiger charge is -2.05. The number of halogens is 1. The number of hydrogen-bond acceptors (Lipinski definition) is 4. The van der Waals surface area contributed by atoms with Crippen molar-refractivity contribution in [3.05, 3.63) is 42.5 Å². The topological polar surface area (TPSA) is 42.7 Å². The number of hydrogen-bond donors (Lipinski definition) is 1. The monoisotopic (exact) mass is 298 g/mol. The van der Waals surface area contributed by atoms with Crippen molar-refractivity contribution in [2.45, 2.75) is 18.1 Å². The standard InChI is InChI=1S/C13H18N4S.ClH/c1-17-9-2-5-12(17)11-14-6-4-10-18-13-15-7-3-8-16-13;/h2-3,5,7-9,14H,4,6,10-11H2,1H3;1H. The summed E-state index contributed by atoms with van der Waals surface area (Å²) in [4.78, 5) is 8.35. The van der Waals surface area contributed by atoms with Crippen LogP contribution in [-0.4, -0.2) is 26.8 Å². The van der Waals surface area contributed by atoms with E-state index in [0.717, 1.165) is 30.4 Å². The third kappa shape index (κ3) is 5.63. The molecule has 0 spiro atoms. The summed E-state index contributed by atoms with van der Waals surface area (Å²) in [5, 5.41) is 4.30. The summed E-state index contributed by atoms with van der Waals surface area (Å²) in [5.41, 5.74) is 1.31. The lowest BCUT2D eigenvalue weighted by molar-refractivity contribution is 0.647. The molecule has 0 aliphatic carbocycles. The van der Waals surface area contributed by atoms with Crippen molar-refractivity contribution >= 4 is 24.2 Å². The van der Waals surface area contributed by atoms with Crippen molar-refractivity contribution in [3.8, 4) is 0 Å². The quantitative estimate of drug-likeness (QED) is 0.484. The van der Waals surface area contributed by atoms with Crippen LogP contribution in [-0.2, 0) is 13.6 Å². The molecule has 0 saturated carbocycles. The molecule has 0 unspecified atom stereocenters. The second-order valence-corrected chi connectivity index (χ2v) is 5.08. The second-order valence-electron chi connectivity index (χ2n) is 4.02. The summed E-state index contributed by atoms with van der Waals surface area (Å²) >= 11 is 1.70. The van der Waals surface area contributed by atoms with Gasteiger partial charge in [-0.2, -0.15) is 0 Å². The van der Waals surface area contributed by atoms with Crippen molar-refractivity contribution in [1.29, 1.82) is 0 Å². The van der Waals surface area contributed by atoms with E-state index in [0.29, 0.717) is 0 Å². The van der Waals surface area contributed by atoms with Gasteiger partial charge in [-0.1, -0.05) is 11.8 Å². The third-order valence-electron chi connectivity index (χ3n) is 2.63. The Bertz CT molecular complexity index is 461. The van der Waals surface area contributed by atoms with Gasteiger partial charge in [0.15, 0.2) is 5.16 Å². The summed E-state index contributed by atoms with van der Waals surface area (Å²) < 4.78 is 2.14. The van der Waals surface area contributed by atoms with Gasteiger partial charge in [-0.05, 0) is 31.2 Å². The van der Waals surface area contributed by atoms with E-state index in [1.54, 1.807) is 24.2 Å². The van der Waals surface area contributed by atoms with Crippen LogP contribution in [0.15, 0.2) is 41.9 Å². The number of nitrogens with zero attached hydrogens (tertiary/aromatic N) is 3. The van der Waals surface area contributed by atoms with Crippen molar-refractivity contribution < 1.29 is 0 Å². The van der Waals surface area contributed by atoms with Crippen LogP contribution in [0.2, 0.25) is 0 Å². The molecular weight excluding hydrogens is 280 g/mol. The molecule has 0 saturated heterocycles. The van der Waals surface area contributed by atoms with E-state index < -0.39 is 0 Å². The molecular formula is C13H19ClN4S. The van der Waals surface area contributed by atoms with Gasteiger partial charge in [0.25, 0.3) is 0 Å². The van der Waals surface area contributed by atoms with Crippen LogP contribution in [0.1, 0.15) is 12.1 Å². The second kappa shape index (κ2) is 8.96. The number of nitrogens with one attached hydrogen (secondary N) is 1. The first-order valence-corrected chi connectivity index (χ1v) is 7.05. The molecule has 2 heterocycles. The molecule has 0 aromatic carbocycles. The van der Waals surface area contributed by atoms with Crippen LogP contribution >= 0.6 is 24.2 Å². The maximum Gasteiger partial charge on any atom is 0.187 e. The molecule has 0 atom stereocenters. The fourth-order valence-corrected chi connectivity index (χ4v) is 2.36. The molecule has 2 aromatic rings. The number of thioether (sulfide) groups is 1. The Hall–Kier alpha value is -1.04. The summed E-state index contributed by atoms with van der Waals surface area (Å²) in [7, 11) is 2.07. The van der Waals surface area contributed by atoms with Crippen LogP contribution in [0.5, 0.6) is 0 Å². The average molecular weight is 299 g/mol. The van der Waals surface area contributed by atoms with Crippen LogP contribution < -0.4 is 5.32 Å². The van der Waals surface area contributed by atoms with Crippen LogP contribution in [0, 0.1) is 0 Å². The fourth-order valence-electron chi connectivity index (χ4n) is 1.62. The van der Waals surface area contributed by atoms with E-state index in [2.05, 4.69) is 45.2 Å². The SMILES string of the molecule is Cl.Cn1cccc1CNCCCSc1ncccn1. The maximum absolute atomic E-state index is 4.18. The minimum Gasteiger partial charge on any atom is -0.353 e. The number of rotatable bonds is 7. The van der Waals surface area contributed by atoms with Gasteiger partial charge in [-0.15, -0.1) is 12.4 Å². The zero-order chi connectivity index (χ0) is 12.6. The lowest BCUT2D eigenvalue weighted by atomic mass is 10.4. The molecule has 1 N–H and O–H groups in total. The van der Waals surface area contributed by atoms with E-state index in [4.69, 9.17) is 0 Å². The van der Waals surface area contributed by atoms with Crippen molar-refractivity contribution in [2.75, 3.05) is 12.3 Å². The van der Waals surface area contributed by atoms with E-state index in [9.17, 15) is 0 Å². The third-order valence-corrected chi connectivity index (χ3v) is 3.59. The average Bonchev–Trinajstić information content (AvgIpc) is 2.81. The zero-order valence-electron chi connectivity index (χ0n) is 11.0. The Morgan fingerprint density at radius 3 is 2.74 bits per heavy atom. The molecule has 0 aliphatic heterocycles. The fraction of sp³-hybridized carbons (Fsp3) is 0.385. The van der Waals surface area contributed by atoms with Gasteiger partial charge in [-0.3, -0.25) is 0 Å². The summed E-state index contributed by atoms with van der Waals surface area (Å²) in [6.07, 6.45) is 6.75. The highest BCUT2D eigenvalue weighted by molar-refractivity contribution is 7.99. The van der Waals surface area contributed by atoms with Gasteiger partial charge in [0, 0.05) is 43.6 Å². The Kier molecular flexibility index (Phi) is 7.55. The summed E-state index contributed by atoms with van der Waals surface area (Å²) in [6.45, 7) is 1.95. The van der Waals surface area contributed by atoms with Gasteiger partial charge in [0.05, 0.1) is 0 Å². The molecule has 2 aromatic heterocycles. The first-order chi connectivity index (χ1) is 8.86.